The molecule has 0 radical (unpaired) electrons. The SMILES string of the molecule is CC[C@]1(c2ccccc2)O[C@H](c2ccc([N+](=O)[O-])cc2)Nc2ccccc21. The molecule has 4 rings (SSSR count). The zero-order chi connectivity index (χ0) is 18.9. The minimum atomic E-state index is -0.588. The molecule has 3 aromatic rings. The molecule has 0 fully saturated rings. The van der Waals surface area contributed by atoms with E-state index in [1.807, 2.05) is 36.4 Å². The highest BCUT2D eigenvalue weighted by atomic mass is 16.6. The van der Waals surface area contributed by atoms with Gasteiger partial charge in [-0.25, -0.2) is 0 Å². The van der Waals surface area contributed by atoms with Crippen molar-refractivity contribution in [3.05, 3.63) is 106 Å². The number of para-hydroxylation sites is 1. The third kappa shape index (κ3) is 2.96. The number of nitro groups is 1. The van der Waals surface area contributed by atoms with E-state index in [-0.39, 0.29) is 5.69 Å². The zero-order valence-corrected chi connectivity index (χ0v) is 15.0. The molecule has 1 aliphatic heterocycles. The number of hydrogen-bond donors (Lipinski definition) is 1. The Bertz CT molecular complexity index is 957. The van der Waals surface area contributed by atoms with Gasteiger partial charge in [-0.2, -0.15) is 0 Å². The van der Waals surface area contributed by atoms with Crippen LogP contribution in [0.3, 0.4) is 0 Å². The van der Waals surface area contributed by atoms with Gasteiger partial charge < -0.3 is 10.1 Å². The van der Waals surface area contributed by atoms with Crippen LogP contribution in [0.15, 0.2) is 78.9 Å². The molecule has 0 unspecified atom stereocenters. The van der Waals surface area contributed by atoms with E-state index in [0.717, 1.165) is 28.8 Å². The summed E-state index contributed by atoms with van der Waals surface area (Å²) in [6.45, 7) is 2.11. The first-order chi connectivity index (χ1) is 13.1. The highest BCUT2D eigenvalue weighted by Gasteiger charge is 2.41. The average molecular weight is 360 g/mol. The summed E-state index contributed by atoms with van der Waals surface area (Å²) in [5.74, 6) is 0. The van der Waals surface area contributed by atoms with E-state index in [1.54, 1.807) is 12.1 Å². The van der Waals surface area contributed by atoms with Gasteiger partial charge in [-0.15, -0.1) is 0 Å². The van der Waals surface area contributed by atoms with Crippen molar-refractivity contribution >= 4 is 11.4 Å². The number of ether oxygens (including phenoxy) is 1. The van der Waals surface area contributed by atoms with Crippen LogP contribution in [0, 0.1) is 10.1 Å². The van der Waals surface area contributed by atoms with Gasteiger partial charge in [0.05, 0.1) is 4.92 Å². The van der Waals surface area contributed by atoms with Crippen molar-refractivity contribution in [3.63, 3.8) is 0 Å². The summed E-state index contributed by atoms with van der Waals surface area (Å²) in [7, 11) is 0. The lowest BCUT2D eigenvalue weighted by molar-refractivity contribution is -0.384. The molecule has 1 N–H and O–H groups in total. The van der Waals surface area contributed by atoms with E-state index in [9.17, 15) is 10.1 Å². The van der Waals surface area contributed by atoms with E-state index < -0.39 is 16.8 Å². The Balaban J connectivity index is 1.81. The van der Waals surface area contributed by atoms with Crippen molar-refractivity contribution in [1.29, 1.82) is 0 Å². The number of anilines is 1. The summed E-state index contributed by atoms with van der Waals surface area (Å²) in [5.41, 5.74) is 3.53. The smallest absolute Gasteiger partial charge is 0.269 e. The maximum atomic E-state index is 10.9. The van der Waals surface area contributed by atoms with Crippen molar-refractivity contribution in [3.8, 4) is 0 Å². The van der Waals surface area contributed by atoms with Gasteiger partial charge in [0.25, 0.3) is 5.69 Å². The van der Waals surface area contributed by atoms with Gasteiger partial charge in [0.2, 0.25) is 0 Å². The fourth-order valence-corrected chi connectivity index (χ4v) is 3.73. The molecule has 0 bridgehead atoms. The molecule has 0 aliphatic carbocycles. The minimum absolute atomic E-state index is 0.0692. The Hall–Kier alpha value is -3.18. The van der Waals surface area contributed by atoms with E-state index in [0.29, 0.717) is 0 Å². The molecule has 0 amide bonds. The van der Waals surface area contributed by atoms with Crippen molar-refractivity contribution in [2.24, 2.45) is 0 Å². The summed E-state index contributed by atoms with van der Waals surface area (Å²) < 4.78 is 6.64. The predicted molar refractivity (Wildman–Crippen MR) is 105 cm³/mol. The highest BCUT2D eigenvalue weighted by molar-refractivity contribution is 5.60. The van der Waals surface area contributed by atoms with Crippen molar-refractivity contribution in [2.45, 2.75) is 25.2 Å². The largest absolute Gasteiger partial charge is 0.356 e. The molecule has 0 saturated carbocycles. The lowest BCUT2D eigenvalue weighted by atomic mass is 9.81. The van der Waals surface area contributed by atoms with Crippen LogP contribution in [-0.4, -0.2) is 4.92 Å². The molecule has 1 heterocycles. The van der Waals surface area contributed by atoms with Crippen LogP contribution in [0.5, 0.6) is 0 Å². The maximum Gasteiger partial charge on any atom is 0.269 e. The Morgan fingerprint density at radius 1 is 1.00 bits per heavy atom. The number of non-ortho nitro benzene ring substituents is 1. The van der Waals surface area contributed by atoms with E-state index in [4.69, 9.17) is 4.74 Å². The third-order valence-electron chi connectivity index (χ3n) is 5.11. The highest BCUT2D eigenvalue weighted by Crippen LogP contribution is 2.47. The van der Waals surface area contributed by atoms with Gasteiger partial charge in [-0.05, 0) is 30.2 Å². The molecular formula is C22H20N2O3. The molecule has 5 nitrogen and oxygen atoms in total. The summed E-state index contributed by atoms with van der Waals surface area (Å²) in [4.78, 5) is 10.6. The molecule has 5 heteroatoms. The average Bonchev–Trinajstić information content (AvgIpc) is 2.73. The van der Waals surface area contributed by atoms with Gasteiger partial charge in [0, 0.05) is 28.9 Å². The molecule has 2 atom stereocenters. The van der Waals surface area contributed by atoms with Crippen LogP contribution in [0.2, 0.25) is 0 Å². The third-order valence-corrected chi connectivity index (χ3v) is 5.11. The monoisotopic (exact) mass is 360 g/mol. The summed E-state index contributed by atoms with van der Waals surface area (Å²) >= 11 is 0. The van der Waals surface area contributed by atoms with Crippen LogP contribution < -0.4 is 5.32 Å². The topological polar surface area (TPSA) is 64.4 Å². The number of fused-ring (bicyclic) bond motifs is 1. The minimum Gasteiger partial charge on any atom is -0.356 e. The van der Waals surface area contributed by atoms with Gasteiger partial charge in [-0.1, -0.05) is 55.5 Å². The number of benzene rings is 3. The fourth-order valence-electron chi connectivity index (χ4n) is 3.73. The Morgan fingerprint density at radius 2 is 1.67 bits per heavy atom. The van der Waals surface area contributed by atoms with Crippen LogP contribution in [0.1, 0.15) is 36.3 Å². The number of hydrogen-bond acceptors (Lipinski definition) is 4. The first kappa shape index (κ1) is 17.2. The molecule has 136 valence electrons. The first-order valence-corrected chi connectivity index (χ1v) is 8.98. The summed E-state index contributed by atoms with van der Waals surface area (Å²) in [5, 5.41) is 14.4. The first-order valence-electron chi connectivity index (χ1n) is 8.98. The second kappa shape index (κ2) is 6.85. The van der Waals surface area contributed by atoms with Crippen molar-refractivity contribution in [1.82, 2.24) is 0 Å². The Morgan fingerprint density at radius 3 is 2.33 bits per heavy atom. The van der Waals surface area contributed by atoms with Gasteiger partial charge >= 0.3 is 0 Å². The predicted octanol–water partition coefficient (Wildman–Crippen LogP) is 5.39. The lowest BCUT2D eigenvalue weighted by Gasteiger charge is -2.43. The zero-order valence-electron chi connectivity index (χ0n) is 15.0. The Labute approximate surface area is 157 Å². The van der Waals surface area contributed by atoms with Gasteiger partial charge in [0.1, 0.15) is 5.60 Å². The van der Waals surface area contributed by atoms with Crippen LogP contribution >= 0.6 is 0 Å². The number of nitro benzene ring substituents is 1. The van der Waals surface area contributed by atoms with Crippen molar-refractivity contribution in [2.75, 3.05) is 5.32 Å². The summed E-state index contributed by atoms with van der Waals surface area (Å²) in [6.07, 6.45) is 0.361. The second-order valence-electron chi connectivity index (χ2n) is 6.58. The molecule has 1 aliphatic rings. The van der Waals surface area contributed by atoms with Crippen LogP contribution in [0.25, 0.3) is 0 Å². The van der Waals surface area contributed by atoms with Gasteiger partial charge in [0.15, 0.2) is 6.23 Å². The molecular weight excluding hydrogens is 340 g/mol. The maximum absolute atomic E-state index is 10.9. The molecule has 0 spiro atoms. The molecule has 0 saturated heterocycles. The van der Waals surface area contributed by atoms with Crippen LogP contribution in [0.4, 0.5) is 11.4 Å². The summed E-state index contributed by atoms with van der Waals surface area (Å²) in [6, 6.07) is 24.8. The van der Waals surface area contributed by atoms with E-state index in [2.05, 4.69) is 30.4 Å². The lowest BCUT2D eigenvalue weighted by Crippen LogP contribution is -2.39. The number of nitrogens with zero attached hydrogens (tertiary/aromatic N) is 1. The Kier molecular flexibility index (Phi) is 4.38. The number of rotatable bonds is 4. The van der Waals surface area contributed by atoms with Gasteiger partial charge in [-0.3, -0.25) is 10.1 Å². The quantitative estimate of drug-likeness (QED) is 0.500. The van der Waals surface area contributed by atoms with Crippen LogP contribution in [-0.2, 0) is 10.3 Å². The standard InChI is InChI=1S/C22H20N2O3/c1-2-22(17-8-4-3-5-9-17)19-10-6-7-11-20(19)23-21(27-22)16-12-14-18(15-13-16)24(25)26/h3-15,21,23H,2H2,1H3/t21-,22-/m1/s1. The van der Waals surface area contributed by atoms with E-state index in [1.165, 1.54) is 12.1 Å². The fraction of sp³-hybridized carbons (Fsp3) is 0.182. The van der Waals surface area contributed by atoms with Crippen molar-refractivity contribution < 1.29 is 9.66 Å². The molecule has 3 aromatic carbocycles. The molecule has 27 heavy (non-hydrogen) atoms. The normalized spacial score (nSPS) is 21.1. The van der Waals surface area contributed by atoms with E-state index >= 15 is 0 Å². The second-order valence-corrected chi connectivity index (χ2v) is 6.58. The molecule has 0 aromatic heterocycles. The number of nitrogens with one attached hydrogen (secondary N) is 1.